The Morgan fingerprint density at radius 2 is 2.46 bits per heavy atom. The van der Waals surface area contributed by atoms with Crippen LogP contribution in [0.25, 0.3) is 0 Å². The van der Waals surface area contributed by atoms with E-state index in [0.29, 0.717) is 6.54 Å². The van der Waals surface area contributed by atoms with Gasteiger partial charge in [0.05, 0.1) is 0 Å². The van der Waals surface area contributed by atoms with Gasteiger partial charge in [0.1, 0.15) is 11.6 Å². The molecule has 1 aliphatic heterocycles. The molecule has 13 heavy (non-hydrogen) atoms. The van der Waals surface area contributed by atoms with E-state index in [2.05, 4.69) is 6.42 Å². The minimum atomic E-state index is -0.138. The lowest BCUT2D eigenvalue weighted by Gasteiger charge is -2.25. The van der Waals surface area contributed by atoms with Gasteiger partial charge < -0.3 is 4.90 Å². The number of carbonyl (C=O) groups excluding carboxylic acids is 1. The molecule has 0 spiro atoms. The van der Waals surface area contributed by atoms with Crippen LogP contribution in [-0.2, 0) is 4.79 Å². The predicted octanol–water partition coefficient (Wildman–Crippen LogP) is 1.28. The molecule has 3 heteroatoms. The molecule has 1 saturated heterocycles. The number of allylic oxidation sites excluding steroid dienone is 1. The molecule has 1 heterocycles. The Morgan fingerprint density at radius 3 is 2.92 bits per heavy atom. The summed E-state index contributed by atoms with van der Waals surface area (Å²) in [6.45, 7) is 3.16. The number of amides is 1. The second-order valence-corrected chi connectivity index (χ2v) is 3.00. The zero-order valence-corrected chi connectivity index (χ0v) is 7.79. The summed E-state index contributed by atoms with van der Waals surface area (Å²) in [6, 6.07) is 1.90. The van der Waals surface area contributed by atoms with Crippen LogP contribution in [0.1, 0.15) is 19.8 Å². The van der Waals surface area contributed by atoms with Crippen molar-refractivity contribution in [3.05, 3.63) is 18.1 Å². The number of piperidine rings is 1. The molecule has 0 saturated carbocycles. The van der Waals surface area contributed by atoms with Gasteiger partial charge in [0.15, 0.2) is 0 Å². The summed E-state index contributed by atoms with van der Waals surface area (Å²) in [6.07, 6.45) is 5.72. The Balaban J connectivity index is 2.61. The molecular weight excluding hydrogens is 164 g/mol. The minimum Gasteiger partial charge on any atom is -0.338 e. The van der Waals surface area contributed by atoms with Crippen molar-refractivity contribution in [3.8, 4) is 6.07 Å². The van der Waals surface area contributed by atoms with Crippen molar-refractivity contribution in [2.45, 2.75) is 19.8 Å². The van der Waals surface area contributed by atoms with Gasteiger partial charge in [-0.2, -0.15) is 5.26 Å². The summed E-state index contributed by atoms with van der Waals surface area (Å²) >= 11 is 0. The third-order valence-corrected chi connectivity index (χ3v) is 2.11. The fourth-order valence-electron chi connectivity index (χ4n) is 1.36. The van der Waals surface area contributed by atoms with Crippen LogP contribution in [0.15, 0.2) is 11.6 Å². The van der Waals surface area contributed by atoms with Crippen molar-refractivity contribution < 1.29 is 4.79 Å². The van der Waals surface area contributed by atoms with Gasteiger partial charge in [-0.3, -0.25) is 4.79 Å². The lowest BCUT2D eigenvalue weighted by atomic mass is 10.1. The molecule has 1 amide bonds. The van der Waals surface area contributed by atoms with Gasteiger partial charge in [0.25, 0.3) is 5.91 Å². The van der Waals surface area contributed by atoms with Crippen LogP contribution >= 0.6 is 0 Å². The zero-order chi connectivity index (χ0) is 9.68. The fourth-order valence-corrected chi connectivity index (χ4v) is 1.36. The molecule has 0 atom stereocenters. The zero-order valence-electron chi connectivity index (χ0n) is 7.79. The number of likely N-dealkylation sites (tertiary alicyclic amines) is 1. The van der Waals surface area contributed by atoms with Crippen LogP contribution in [-0.4, -0.2) is 23.9 Å². The minimum absolute atomic E-state index is 0.138. The molecule has 1 radical (unpaired) electrons. The largest absolute Gasteiger partial charge is 0.338 e. The molecule has 1 rings (SSSR count). The molecule has 1 fully saturated rings. The van der Waals surface area contributed by atoms with Crippen molar-refractivity contribution >= 4 is 5.91 Å². The highest BCUT2D eigenvalue weighted by atomic mass is 16.2. The molecule has 0 N–H and O–H groups in total. The average molecular weight is 177 g/mol. The number of carbonyl (C=O) groups is 1. The molecule has 0 aromatic rings. The van der Waals surface area contributed by atoms with E-state index in [1.54, 1.807) is 17.9 Å². The SMILES string of the molecule is CC=C(C#N)C(=O)N1C[CH]CCC1. The second-order valence-electron chi connectivity index (χ2n) is 3.00. The van der Waals surface area contributed by atoms with Crippen molar-refractivity contribution in [1.29, 1.82) is 5.26 Å². The van der Waals surface area contributed by atoms with E-state index in [4.69, 9.17) is 5.26 Å². The summed E-state index contributed by atoms with van der Waals surface area (Å²) < 4.78 is 0. The van der Waals surface area contributed by atoms with E-state index in [1.807, 2.05) is 6.07 Å². The van der Waals surface area contributed by atoms with Crippen LogP contribution in [0.3, 0.4) is 0 Å². The van der Waals surface area contributed by atoms with Crippen LogP contribution in [0.4, 0.5) is 0 Å². The highest BCUT2D eigenvalue weighted by Gasteiger charge is 2.19. The highest BCUT2D eigenvalue weighted by molar-refractivity contribution is 5.97. The van der Waals surface area contributed by atoms with Crippen LogP contribution in [0, 0.1) is 17.8 Å². The van der Waals surface area contributed by atoms with E-state index in [9.17, 15) is 4.79 Å². The summed E-state index contributed by atoms with van der Waals surface area (Å²) in [5, 5.41) is 8.65. The second kappa shape index (κ2) is 4.66. The van der Waals surface area contributed by atoms with Crippen LogP contribution < -0.4 is 0 Å². The number of nitriles is 1. The lowest BCUT2D eigenvalue weighted by molar-refractivity contribution is -0.126. The Morgan fingerprint density at radius 1 is 1.69 bits per heavy atom. The highest BCUT2D eigenvalue weighted by Crippen LogP contribution is 2.10. The van der Waals surface area contributed by atoms with Crippen molar-refractivity contribution in [1.82, 2.24) is 4.90 Å². The van der Waals surface area contributed by atoms with Gasteiger partial charge in [-0.1, -0.05) is 6.08 Å². The van der Waals surface area contributed by atoms with E-state index >= 15 is 0 Å². The quantitative estimate of drug-likeness (QED) is 0.447. The molecule has 1 aliphatic rings. The van der Waals surface area contributed by atoms with Gasteiger partial charge in [0.2, 0.25) is 0 Å². The molecule has 0 aliphatic carbocycles. The molecule has 0 unspecified atom stereocenters. The number of nitrogens with zero attached hydrogens (tertiary/aromatic N) is 2. The standard InChI is InChI=1S/C10H13N2O/c1-2-9(8-11)10(13)12-6-4-3-5-7-12/h2,4H,3,5-7H2,1H3. The first-order valence-corrected chi connectivity index (χ1v) is 4.47. The van der Waals surface area contributed by atoms with Gasteiger partial charge in [-0.05, 0) is 26.2 Å². The van der Waals surface area contributed by atoms with E-state index in [0.717, 1.165) is 19.4 Å². The van der Waals surface area contributed by atoms with Crippen LogP contribution in [0.5, 0.6) is 0 Å². The number of hydrogen-bond donors (Lipinski definition) is 0. The third-order valence-electron chi connectivity index (χ3n) is 2.11. The lowest BCUT2D eigenvalue weighted by Crippen LogP contribution is -2.36. The monoisotopic (exact) mass is 177 g/mol. The summed E-state index contributed by atoms with van der Waals surface area (Å²) in [7, 11) is 0. The van der Waals surface area contributed by atoms with E-state index < -0.39 is 0 Å². The smallest absolute Gasteiger partial charge is 0.264 e. The van der Waals surface area contributed by atoms with Gasteiger partial charge >= 0.3 is 0 Å². The number of hydrogen-bond acceptors (Lipinski definition) is 2. The third kappa shape index (κ3) is 2.32. The number of rotatable bonds is 1. The van der Waals surface area contributed by atoms with E-state index in [-0.39, 0.29) is 11.5 Å². The summed E-state index contributed by atoms with van der Waals surface area (Å²) in [5.74, 6) is -0.138. The van der Waals surface area contributed by atoms with Gasteiger partial charge in [-0.25, -0.2) is 0 Å². The van der Waals surface area contributed by atoms with Crippen LogP contribution in [0.2, 0.25) is 0 Å². The predicted molar refractivity (Wildman–Crippen MR) is 49.5 cm³/mol. The summed E-state index contributed by atoms with van der Waals surface area (Å²) in [4.78, 5) is 13.3. The van der Waals surface area contributed by atoms with Gasteiger partial charge in [0, 0.05) is 13.1 Å². The first kappa shape index (κ1) is 9.79. The maximum absolute atomic E-state index is 11.6. The molecule has 0 aromatic heterocycles. The Bertz CT molecular complexity index is 257. The molecule has 69 valence electrons. The van der Waals surface area contributed by atoms with Crippen molar-refractivity contribution in [2.75, 3.05) is 13.1 Å². The maximum atomic E-state index is 11.6. The average Bonchev–Trinajstić information content (AvgIpc) is 2.21. The molecular formula is C10H13N2O. The first-order chi connectivity index (χ1) is 6.29. The Labute approximate surface area is 78.6 Å². The van der Waals surface area contributed by atoms with Crippen molar-refractivity contribution in [2.24, 2.45) is 0 Å². The fraction of sp³-hybridized carbons (Fsp3) is 0.500. The maximum Gasteiger partial charge on any atom is 0.264 e. The first-order valence-electron chi connectivity index (χ1n) is 4.47. The summed E-state index contributed by atoms with van der Waals surface area (Å²) in [5.41, 5.74) is 0.246. The van der Waals surface area contributed by atoms with Gasteiger partial charge in [-0.15, -0.1) is 0 Å². The normalized spacial score (nSPS) is 18.2. The molecule has 0 bridgehead atoms. The van der Waals surface area contributed by atoms with E-state index in [1.165, 1.54) is 0 Å². The molecule has 3 nitrogen and oxygen atoms in total. The Kier molecular flexibility index (Phi) is 3.51. The Hall–Kier alpha value is -1.30. The molecule has 0 aromatic carbocycles. The topological polar surface area (TPSA) is 44.1 Å². The van der Waals surface area contributed by atoms with Crippen molar-refractivity contribution in [3.63, 3.8) is 0 Å².